The van der Waals surface area contributed by atoms with E-state index in [0.29, 0.717) is 17.8 Å². The van der Waals surface area contributed by atoms with Crippen LogP contribution in [-0.2, 0) is 0 Å². The van der Waals surface area contributed by atoms with Gasteiger partial charge in [0.25, 0.3) is 5.91 Å². The maximum atomic E-state index is 11.3. The molecular formula is C15H22N4O. The number of pyridine rings is 1. The van der Waals surface area contributed by atoms with Crippen molar-refractivity contribution in [3.8, 4) is 0 Å². The fourth-order valence-electron chi connectivity index (χ4n) is 2.90. The van der Waals surface area contributed by atoms with Crippen LogP contribution in [0.25, 0.3) is 0 Å². The van der Waals surface area contributed by atoms with Crippen LogP contribution in [0.4, 0.5) is 5.69 Å². The summed E-state index contributed by atoms with van der Waals surface area (Å²) in [6.07, 6.45) is 7.97. The summed E-state index contributed by atoms with van der Waals surface area (Å²) in [5.41, 5.74) is 6.75. The molecule has 1 saturated heterocycles. The van der Waals surface area contributed by atoms with Crippen LogP contribution in [0.1, 0.15) is 42.6 Å². The van der Waals surface area contributed by atoms with Gasteiger partial charge in [0.2, 0.25) is 0 Å². The van der Waals surface area contributed by atoms with E-state index >= 15 is 0 Å². The predicted molar refractivity (Wildman–Crippen MR) is 78.8 cm³/mol. The lowest BCUT2D eigenvalue weighted by atomic mass is 10.0. The normalized spacial score (nSPS) is 22.5. The number of aromatic nitrogens is 1. The minimum Gasteiger partial charge on any atom is -0.367 e. The number of rotatable bonds is 5. The summed E-state index contributed by atoms with van der Waals surface area (Å²) in [6.45, 7) is 2.12. The Hall–Kier alpha value is -1.62. The number of primary amides is 1. The predicted octanol–water partition coefficient (Wildman–Crippen LogP) is 1.29. The van der Waals surface area contributed by atoms with Crippen molar-refractivity contribution in [3.63, 3.8) is 0 Å². The third-order valence-electron chi connectivity index (χ3n) is 4.14. The van der Waals surface area contributed by atoms with Crippen molar-refractivity contribution in [2.24, 2.45) is 5.73 Å². The summed E-state index contributed by atoms with van der Waals surface area (Å²) in [5, 5.41) is 3.59. The Bertz CT molecular complexity index is 481. The van der Waals surface area contributed by atoms with Crippen LogP contribution < -0.4 is 16.0 Å². The average molecular weight is 274 g/mol. The van der Waals surface area contributed by atoms with Crippen molar-refractivity contribution < 1.29 is 4.79 Å². The molecule has 3 N–H and O–H groups in total. The van der Waals surface area contributed by atoms with E-state index in [1.165, 1.54) is 32.1 Å². The molecule has 2 fully saturated rings. The van der Waals surface area contributed by atoms with Crippen molar-refractivity contribution in [1.29, 1.82) is 0 Å². The zero-order valence-corrected chi connectivity index (χ0v) is 11.7. The van der Waals surface area contributed by atoms with Gasteiger partial charge in [0, 0.05) is 30.5 Å². The lowest BCUT2D eigenvalue weighted by Gasteiger charge is -2.32. The molecule has 1 amide bonds. The van der Waals surface area contributed by atoms with Gasteiger partial charge >= 0.3 is 0 Å². The number of amides is 1. The van der Waals surface area contributed by atoms with Crippen molar-refractivity contribution in [3.05, 3.63) is 24.0 Å². The van der Waals surface area contributed by atoms with Gasteiger partial charge in [-0.1, -0.05) is 6.42 Å². The Morgan fingerprint density at radius 2 is 2.25 bits per heavy atom. The molecule has 2 heterocycles. The van der Waals surface area contributed by atoms with Crippen LogP contribution in [0, 0.1) is 0 Å². The van der Waals surface area contributed by atoms with Gasteiger partial charge < -0.3 is 16.0 Å². The lowest BCUT2D eigenvalue weighted by molar-refractivity contribution is 0.0995. The molecule has 108 valence electrons. The first-order valence-electron chi connectivity index (χ1n) is 7.50. The molecule has 2 aliphatic rings. The fourth-order valence-corrected chi connectivity index (χ4v) is 2.90. The quantitative estimate of drug-likeness (QED) is 0.849. The van der Waals surface area contributed by atoms with Crippen LogP contribution in [0.2, 0.25) is 0 Å². The second kappa shape index (κ2) is 5.79. The van der Waals surface area contributed by atoms with E-state index in [4.69, 9.17) is 5.73 Å². The second-order valence-electron chi connectivity index (χ2n) is 5.79. The first-order valence-corrected chi connectivity index (χ1v) is 7.50. The summed E-state index contributed by atoms with van der Waals surface area (Å²) in [7, 11) is 0. The molecule has 3 rings (SSSR count). The van der Waals surface area contributed by atoms with E-state index < -0.39 is 5.91 Å². The molecule has 1 aliphatic carbocycles. The zero-order valence-electron chi connectivity index (χ0n) is 11.7. The molecule has 5 heteroatoms. The Balaban J connectivity index is 1.75. The number of hydrogen-bond donors (Lipinski definition) is 2. The Morgan fingerprint density at radius 3 is 2.90 bits per heavy atom. The Kier molecular flexibility index (Phi) is 3.87. The van der Waals surface area contributed by atoms with Crippen molar-refractivity contribution in [1.82, 2.24) is 10.3 Å². The van der Waals surface area contributed by atoms with E-state index in [1.54, 1.807) is 6.20 Å². The molecule has 1 aliphatic heterocycles. The summed E-state index contributed by atoms with van der Waals surface area (Å²) in [6, 6.07) is 4.97. The maximum Gasteiger partial charge on any atom is 0.267 e. The summed E-state index contributed by atoms with van der Waals surface area (Å²) >= 11 is 0. The zero-order chi connectivity index (χ0) is 13.9. The molecule has 1 aromatic heterocycles. The summed E-state index contributed by atoms with van der Waals surface area (Å²) < 4.78 is 0. The molecule has 0 radical (unpaired) electrons. The number of hydrogen-bond acceptors (Lipinski definition) is 4. The highest BCUT2D eigenvalue weighted by Gasteiger charge is 2.31. The first-order chi connectivity index (χ1) is 9.74. The molecule has 0 aromatic carbocycles. The van der Waals surface area contributed by atoms with Crippen molar-refractivity contribution in [2.75, 3.05) is 18.0 Å². The highest BCUT2D eigenvalue weighted by Crippen LogP contribution is 2.32. The third-order valence-corrected chi connectivity index (χ3v) is 4.14. The van der Waals surface area contributed by atoms with Gasteiger partial charge in [-0.25, -0.2) is 0 Å². The van der Waals surface area contributed by atoms with E-state index in [-0.39, 0.29) is 0 Å². The minimum absolute atomic E-state index is 0.352. The highest BCUT2D eigenvalue weighted by atomic mass is 16.1. The summed E-state index contributed by atoms with van der Waals surface area (Å²) in [4.78, 5) is 17.7. The molecular weight excluding hydrogens is 252 g/mol. The Morgan fingerprint density at radius 1 is 1.40 bits per heavy atom. The highest BCUT2D eigenvalue weighted by molar-refractivity contribution is 5.91. The van der Waals surface area contributed by atoms with Crippen LogP contribution in [0.15, 0.2) is 18.3 Å². The van der Waals surface area contributed by atoms with Crippen LogP contribution in [0.5, 0.6) is 0 Å². The largest absolute Gasteiger partial charge is 0.367 e. The first kappa shape index (κ1) is 13.4. The van der Waals surface area contributed by atoms with Crippen molar-refractivity contribution in [2.45, 2.75) is 44.2 Å². The second-order valence-corrected chi connectivity index (χ2v) is 5.79. The number of nitrogens with one attached hydrogen (secondary N) is 1. The molecule has 1 atom stereocenters. The minimum atomic E-state index is -0.460. The van der Waals surface area contributed by atoms with Gasteiger partial charge in [0.05, 0.1) is 0 Å². The number of anilines is 1. The van der Waals surface area contributed by atoms with Gasteiger partial charge in [-0.15, -0.1) is 0 Å². The molecule has 0 bridgehead atoms. The average Bonchev–Trinajstić information content (AvgIpc) is 3.30. The molecule has 1 unspecified atom stereocenters. The number of carbonyl (C=O) groups excluding carboxylic acids is 1. The lowest BCUT2D eigenvalue weighted by Crippen LogP contribution is -2.44. The fraction of sp³-hybridized carbons (Fsp3) is 0.600. The van der Waals surface area contributed by atoms with E-state index in [0.717, 1.165) is 18.8 Å². The number of nitrogens with zero attached hydrogens (tertiary/aromatic N) is 2. The third kappa shape index (κ3) is 3.10. The molecule has 5 nitrogen and oxygen atoms in total. The van der Waals surface area contributed by atoms with Gasteiger partial charge in [-0.2, -0.15) is 0 Å². The topological polar surface area (TPSA) is 71.2 Å². The SMILES string of the molecule is NC(=O)c1cc(N(CC2CCCCN2)C2CC2)ccn1. The molecule has 1 aromatic rings. The maximum absolute atomic E-state index is 11.3. The van der Waals surface area contributed by atoms with E-state index in [2.05, 4.69) is 15.2 Å². The van der Waals surface area contributed by atoms with Gasteiger partial charge in [-0.3, -0.25) is 9.78 Å². The smallest absolute Gasteiger partial charge is 0.267 e. The van der Waals surface area contributed by atoms with E-state index in [9.17, 15) is 4.79 Å². The van der Waals surface area contributed by atoms with Gasteiger partial charge in [0.1, 0.15) is 5.69 Å². The van der Waals surface area contributed by atoms with Crippen LogP contribution >= 0.6 is 0 Å². The number of piperidine rings is 1. The standard InChI is InChI=1S/C15H22N4O/c16-15(20)14-9-13(6-8-18-14)19(12-4-5-12)10-11-3-1-2-7-17-11/h6,8-9,11-12,17H,1-5,7,10H2,(H2,16,20). The van der Waals surface area contributed by atoms with Crippen LogP contribution in [-0.4, -0.2) is 36.1 Å². The van der Waals surface area contributed by atoms with Gasteiger partial charge in [-0.05, 0) is 44.4 Å². The molecule has 20 heavy (non-hydrogen) atoms. The molecule has 0 spiro atoms. The number of carbonyl (C=O) groups is 1. The van der Waals surface area contributed by atoms with Crippen LogP contribution in [0.3, 0.4) is 0 Å². The van der Waals surface area contributed by atoms with E-state index in [1.807, 2.05) is 12.1 Å². The monoisotopic (exact) mass is 274 g/mol. The van der Waals surface area contributed by atoms with Crippen molar-refractivity contribution >= 4 is 11.6 Å². The number of nitrogens with two attached hydrogens (primary N) is 1. The molecule has 1 saturated carbocycles. The summed E-state index contributed by atoms with van der Waals surface area (Å²) in [5.74, 6) is -0.460. The van der Waals surface area contributed by atoms with Gasteiger partial charge in [0.15, 0.2) is 0 Å². The Labute approximate surface area is 119 Å².